The van der Waals surface area contributed by atoms with Crippen LogP contribution in [0.3, 0.4) is 0 Å². The smallest absolute Gasteiger partial charge is 0.407 e. The summed E-state index contributed by atoms with van der Waals surface area (Å²) in [6.45, 7) is 2.69. The summed E-state index contributed by atoms with van der Waals surface area (Å²) >= 11 is 0. The molecule has 0 saturated carbocycles. The molecule has 92 valence electrons. The molecule has 0 fully saturated rings. The molecule has 1 heterocycles. The summed E-state index contributed by atoms with van der Waals surface area (Å²) in [6, 6.07) is 5.09. The summed E-state index contributed by atoms with van der Waals surface area (Å²) in [5.74, 6) is -0.267. The zero-order chi connectivity index (χ0) is 12.5. The SMILES string of the molecule is CCOC(=O)NCCNC(=O)c1ccccn1. The molecule has 0 radical (unpaired) electrons. The van der Waals surface area contributed by atoms with Gasteiger partial charge in [-0.2, -0.15) is 0 Å². The average Bonchev–Trinajstić information content (AvgIpc) is 2.36. The number of alkyl carbamates (subject to hydrolysis) is 1. The zero-order valence-corrected chi connectivity index (χ0v) is 9.60. The number of pyridine rings is 1. The molecule has 0 saturated heterocycles. The quantitative estimate of drug-likeness (QED) is 0.733. The van der Waals surface area contributed by atoms with Crippen molar-refractivity contribution in [3.8, 4) is 0 Å². The van der Waals surface area contributed by atoms with E-state index in [2.05, 4.69) is 20.4 Å². The zero-order valence-electron chi connectivity index (χ0n) is 9.60. The van der Waals surface area contributed by atoms with Crippen LogP contribution < -0.4 is 10.6 Å². The lowest BCUT2D eigenvalue weighted by Gasteiger charge is -2.06. The van der Waals surface area contributed by atoms with Crippen LogP contribution in [-0.2, 0) is 4.74 Å². The van der Waals surface area contributed by atoms with Crippen LogP contribution in [0, 0.1) is 0 Å². The average molecular weight is 237 g/mol. The fourth-order valence-corrected chi connectivity index (χ4v) is 1.11. The standard InChI is InChI=1S/C11H15N3O3/c1-2-17-11(16)14-8-7-13-10(15)9-5-3-4-6-12-9/h3-6H,2,7-8H2,1H3,(H,13,15)(H,14,16). The Morgan fingerprint density at radius 2 is 2.06 bits per heavy atom. The fraction of sp³-hybridized carbons (Fsp3) is 0.364. The van der Waals surface area contributed by atoms with Gasteiger partial charge in [0.2, 0.25) is 0 Å². The molecule has 6 heteroatoms. The minimum Gasteiger partial charge on any atom is -0.450 e. The summed E-state index contributed by atoms with van der Waals surface area (Å²) < 4.78 is 4.66. The number of aromatic nitrogens is 1. The van der Waals surface area contributed by atoms with Crippen LogP contribution in [0.2, 0.25) is 0 Å². The molecule has 17 heavy (non-hydrogen) atoms. The van der Waals surface area contributed by atoms with E-state index in [1.807, 2.05) is 0 Å². The molecule has 1 rings (SSSR count). The highest BCUT2D eigenvalue weighted by Crippen LogP contribution is 1.91. The van der Waals surface area contributed by atoms with Gasteiger partial charge in [-0.15, -0.1) is 0 Å². The molecule has 6 nitrogen and oxygen atoms in total. The highest BCUT2D eigenvalue weighted by molar-refractivity contribution is 5.92. The predicted octanol–water partition coefficient (Wildman–Crippen LogP) is 0.557. The van der Waals surface area contributed by atoms with Gasteiger partial charge in [0.05, 0.1) is 6.61 Å². The van der Waals surface area contributed by atoms with E-state index < -0.39 is 6.09 Å². The Morgan fingerprint density at radius 3 is 2.71 bits per heavy atom. The highest BCUT2D eigenvalue weighted by atomic mass is 16.5. The third kappa shape index (κ3) is 4.96. The van der Waals surface area contributed by atoms with Crippen molar-refractivity contribution >= 4 is 12.0 Å². The summed E-state index contributed by atoms with van der Waals surface area (Å²) in [6.07, 6.45) is 1.06. The van der Waals surface area contributed by atoms with Crippen molar-refractivity contribution in [3.63, 3.8) is 0 Å². The molecule has 0 aromatic carbocycles. The monoisotopic (exact) mass is 237 g/mol. The summed E-state index contributed by atoms with van der Waals surface area (Å²) in [5.41, 5.74) is 0.351. The first kappa shape index (κ1) is 13.0. The fourth-order valence-electron chi connectivity index (χ4n) is 1.11. The van der Waals surface area contributed by atoms with E-state index in [0.717, 1.165) is 0 Å². The van der Waals surface area contributed by atoms with E-state index >= 15 is 0 Å². The third-order valence-electron chi connectivity index (χ3n) is 1.85. The molecular formula is C11H15N3O3. The lowest BCUT2D eigenvalue weighted by molar-refractivity contribution is 0.0947. The van der Waals surface area contributed by atoms with Crippen molar-refractivity contribution in [1.29, 1.82) is 0 Å². The Morgan fingerprint density at radius 1 is 1.29 bits per heavy atom. The Hall–Kier alpha value is -2.11. The van der Waals surface area contributed by atoms with Crippen molar-refractivity contribution < 1.29 is 14.3 Å². The number of ether oxygens (including phenoxy) is 1. The minimum atomic E-state index is -0.486. The first-order valence-corrected chi connectivity index (χ1v) is 5.34. The number of carbonyl (C=O) groups excluding carboxylic acids is 2. The lowest BCUT2D eigenvalue weighted by atomic mass is 10.3. The minimum absolute atomic E-state index is 0.267. The Balaban J connectivity index is 2.19. The second-order valence-electron chi connectivity index (χ2n) is 3.12. The van der Waals surface area contributed by atoms with Crippen LogP contribution in [0.5, 0.6) is 0 Å². The molecule has 0 atom stereocenters. The molecule has 0 aliphatic rings. The normalized spacial score (nSPS) is 9.47. The van der Waals surface area contributed by atoms with Gasteiger partial charge in [0.1, 0.15) is 5.69 Å². The number of hydrogen-bond acceptors (Lipinski definition) is 4. The van der Waals surface area contributed by atoms with E-state index in [9.17, 15) is 9.59 Å². The van der Waals surface area contributed by atoms with Crippen molar-refractivity contribution in [2.75, 3.05) is 19.7 Å². The maximum absolute atomic E-state index is 11.5. The molecule has 0 aliphatic heterocycles. The second kappa shape index (κ2) is 7.21. The van der Waals surface area contributed by atoms with Crippen LogP contribution >= 0.6 is 0 Å². The van der Waals surface area contributed by atoms with Gasteiger partial charge < -0.3 is 15.4 Å². The van der Waals surface area contributed by atoms with E-state index in [4.69, 9.17) is 0 Å². The number of amides is 2. The first-order valence-electron chi connectivity index (χ1n) is 5.34. The van der Waals surface area contributed by atoms with Gasteiger partial charge in [-0.1, -0.05) is 6.07 Å². The van der Waals surface area contributed by atoms with Gasteiger partial charge in [-0.05, 0) is 19.1 Å². The van der Waals surface area contributed by atoms with E-state index in [1.54, 1.807) is 31.3 Å². The number of carbonyl (C=O) groups is 2. The van der Waals surface area contributed by atoms with E-state index in [1.165, 1.54) is 0 Å². The van der Waals surface area contributed by atoms with Crippen LogP contribution in [-0.4, -0.2) is 36.7 Å². The molecular weight excluding hydrogens is 222 g/mol. The summed E-state index contributed by atoms with van der Waals surface area (Å²) in [4.78, 5) is 26.3. The number of nitrogens with one attached hydrogen (secondary N) is 2. The van der Waals surface area contributed by atoms with Gasteiger partial charge in [0.25, 0.3) is 5.91 Å². The van der Waals surface area contributed by atoms with Gasteiger partial charge >= 0.3 is 6.09 Å². The maximum Gasteiger partial charge on any atom is 0.407 e. The largest absolute Gasteiger partial charge is 0.450 e. The van der Waals surface area contributed by atoms with Crippen LogP contribution in [0.4, 0.5) is 4.79 Å². The number of hydrogen-bond donors (Lipinski definition) is 2. The molecule has 0 spiro atoms. The topological polar surface area (TPSA) is 80.3 Å². The summed E-state index contributed by atoms with van der Waals surface area (Å²) in [7, 11) is 0. The van der Waals surface area contributed by atoms with E-state index in [-0.39, 0.29) is 5.91 Å². The van der Waals surface area contributed by atoms with Crippen LogP contribution in [0.25, 0.3) is 0 Å². The van der Waals surface area contributed by atoms with Gasteiger partial charge in [0.15, 0.2) is 0 Å². The molecule has 0 bridgehead atoms. The molecule has 0 aliphatic carbocycles. The van der Waals surface area contributed by atoms with Crippen molar-refractivity contribution in [2.24, 2.45) is 0 Å². The number of nitrogens with zero attached hydrogens (tertiary/aromatic N) is 1. The van der Waals surface area contributed by atoms with Crippen molar-refractivity contribution in [1.82, 2.24) is 15.6 Å². The second-order valence-corrected chi connectivity index (χ2v) is 3.12. The van der Waals surface area contributed by atoms with E-state index in [0.29, 0.717) is 25.4 Å². The molecule has 2 amide bonds. The number of rotatable bonds is 5. The molecule has 1 aromatic rings. The van der Waals surface area contributed by atoms with Gasteiger partial charge in [-0.3, -0.25) is 9.78 Å². The van der Waals surface area contributed by atoms with Crippen molar-refractivity contribution in [3.05, 3.63) is 30.1 Å². The Kier molecular flexibility index (Phi) is 5.50. The predicted molar refractivity (Wildman–Crippen MR) is 61.6 cm³/mol. The van der Waals surface area contributed by atoms with Crippen LogP contribution in [0.15, 0.2) is 24.4 Å². The molecule has 0 unspecified atom stereocenters. The maximum atomic E-state index is 11.5. The van der Waals surface area contributed by atoms with Gasteiger partial charge in [0, 0.05) is 19.3 Å². The van der Waals surface area contributed by atoms with Crippen LogP contribution in [0.1, 0.15) is 17.4 Å². The van der Waals surface area contributed by atoms with Crippen molar-refractivity contribution in [2.45, 2.75) is 6.92 Å². The highest BCUT2D eigenvalue weighted by Gasteiger charge is 2.05. The summed E-state index contributed by atoms with van der Waals surface area (Å²) in [5, 5.41) is 5.12. The Labute approximate surface area is 99.4 Å². The Bertz CT molecular complexity index is 367. The van der Waals surface area contributed by atoms with Gasteiger partial charge in [-0.25, -0.2) is 4.79 Å². The molecule has 1 aromatic heterocycles. The lowest BCUT2D eigenvalue weighted by Crippen LogP contribution is -2.35. The third-order valence-corrected chi connectivity index (χ3v) is 1.85. The molecule has 2 N–H and O–H groups in total. The first-order chi connectivity index (χ1) is 8.24.